The zero-order valence-corrected chi connectivity index (χ0v) is 24.6. The van der Waals surface area contributed by atoms with Crippen molar-refractivity contribution in [2.45, 2.75) is 69.5 Å². The van der Waals surface area contributed by atoms with Crippen LogP contribution in [0.5, 0.6) is 0 Å². The molecule has 222 valence electrons. The van der Waals surface area contributed by atoms with Crippen molar-refractivity contribution >= 4 is 44.9 Å². The molecule has 1 saturated heterocycles. The summed E-state index contributed by atoms with van der Waals surface area (Å²) in [7, 11) is 4.07. The summed E-state index contributed by atoms with van der Waals surface area (Å²) >= 11 is 1.55. The third-order valence-corrected chi connectivity index (χ3v) is 10.7. The molecule has 2 amide bonds. The average molecular weight is 598 g/mol. The molecule has 10 nitrogen and oxygen atoms in total. The van der Waals surface area contributed by atoms with Crippen LogP contribution in [0.4, 0.5) is 20.3 Å². The van der Waals surface area contributed by atoms with Gasteiger partial charge in [-0.15, -0.1) is 11.3 Å². The predicted octanol–water partition coefficient (Wildman–Crippen LogP) is 3.39. The van der Waals surface area contributed by atoms with Crippen molar-refractivity contribution in [1.29, 1.82) is 0 Å². The molecule has 1 saturated carbocycles. The standard InChI is InChI=1S/C29H33F2N7O3S/c1-15-10-19(27(41)38-22(15)24(39)35-29(38)8-6-28(30,31)7-9-29)34-23-21-18-5-4-16(11-20(18)42-25(21)33-14-32-23)26(40)37-12-17(13-37)36(2)3/h10,14,16-17H,4-9,11-13H2,1-3H3,(H,35,39)(H,32,33,34)/t16-/m0/s1. The predicted molar refractivity (Wildman–Crippen MR) is 155 cm³/mol. The van der Waals surface area contributed by atoms with Crippen molar-refractivity contribution in [3.63, 3.8) is 0 Å². The highest BCUT2D eigenvalue weighted by Crippen LogP contribution is 2.44. The van der Waals surface area contributed by atoms with Crippen LogP contribution in [-0.2, 0) is 23.3 Å². The molecule has 7 rings (SSSR count). The maximum Gasteiger partial charge on any atom is 0.276 e. The normalized spacial score (nSPS) is 22.7. The van der Waals surface area contributed by atoms with E-state index in [1.165, 1.54) is 10.9 Å². The van der Waals surface area contributed by atoms with Gasteiger partial charge in [0.15, 0.2) is 0 Å². The van der Waals surface area contributed by atoms with E-state index in [2.05, 4.69) is 25.5 Å². The number of carbonyl (C=O) groups excluding carboxylic acids is 2. The van der Waals surface area contributed by atoms with Crippen LogP contribution in [0.15, 0.2) is 17.2 Å². The highest BCUT2D eigenvalue weighted by molar-refractivity contribution is 7.19. The number of pyridine rings is 1. The number of halogens is 2. The summed E-state index contributed by atoms with van der Waals surface area (Å²) in [4.78, 5) is 55.0. The number of amides is 2. The summed E-state index contributed by atoms with van der Waals surface area (Å²) in [5.74, 6) is -2.61. The van der Waals surface area contributed by atoms with Gasteiger partial charge in [0.25, 0.3) is 11.5 Å². The SMILES string of the molecule is Cc1cc(Nc2ncnc3sc4c(c23)CC[C@H](C(=O)N2CC(N(C)C)C2)C4)c(=O)n2c1C(=O)NC21CCC(F)(F)CC1. The number of likely N-dealkylation sites (N-methyl/N-ethyl adjacent to an activating group) is 1. The minimum Gasteiger partial charge on any atom is -0.339 e. The zero-order valence-electron chi connectivity index (χ0n) is 23.8. The van der Waals surface area contributed by atoms with Crippen LogP contribution in [0.2, 0.25) is 0 Å². The Bertz CT molecular complexity index is 1680. The molecule has 1 spiro atoms. The molecule has 2 fully saturated rings. The molecule has 0 aromatic carbocycles. The number of anilines is 2. The number of likely N-dealkylation sites (tertiary alicyclic amines) is 1. The number of alkyl halides is 2. The number of nitrogens with one attached hydrogen (secondary N) is 2. The van der Waals surface area contributed by atoms with Crippen LogP contribution in [0, 0.1) is 12.8 Å². The Morgan fingerprint density at radius 2 is 1.90 bits per heavy atom. The summed E-state index contributed by atoms with van der Waals surface area (Å²) in [5.41, 5.74) is 0.489. The second-order valence-corrected chi connectivity index (χ2v) is 13.5. The van der Waals surface area contributed by atoms with Crippen LogP contribution in [0.1, 0.15) is 58.6 Å². The van der Waals surface area contributed by atoms with Crippen molar-refractivity contribution in [3.05, 3.63) is 44.4 Å². The molecule has 13 heteroatoms. The molecular weight excluding hydrogens is 564 g/mol. The topological polar surface area (TPSA) is 112 Å². The fraction of sp³-hybridized carbons (Fsp3) is 0.552. The molecular formula is C29H33F2N7O3S. The highest BCUT2D eigenvalue weighted by atomic mass is 32.1. The van der Waals surface area contributed by atoms with Gasteiger partial charge in [-0.05, 0) is 70.3 Å². The summed E-state index contributed by atoms with van der Waals surface area (Å²) in [6.45, 7) is 3.27. The highest BCUT2D eigenvalue weighted by Gasteiger charge is 2.51. The molecule has 42 heavy (non-hydrogen) atoms. The lowest BCUT2D eigenvalue weighted by molar-refractivity contribution is -0.142. The molecule has 0 bridgehead atoms. The third kappa shape index (κ3) is 4.23. The number of fused-ring (bicyclic) bond motifs is 5. The van der Waals surface area contributed by atoms with E-state index in [4.69, 9.17) is 0 Å². The molecule has 0 unspecified atom stereocenters. The van der Waals surface area contributed by atoms with Gasteiger partial charge in [-0.1, -0.05) is 0 Å². The molecule has 4 aliphatic rings. The number of aryl methyl sites for hydroxylation is 2. The lowest BCUT2D eigenvalue weighted by Gasteiger charge is -2.44. The minimum absolute atomic E-state index is 0.0234. The first kappa shape index (κ1) is 27.4. The van der Waals surface area contributed by atoms with Crippen LogP contribution < -0.4 is 16.2 Å². The van der Waals surface area contributed by atoms with Gasteiger partial charge in [0.2, 0.25) is 11.8 Å². The van der Waals surface area contributed by atoms with Crippen LogP contribution >= 0.6 is 11.3 Å². The summed E-state index contributed by atoms with van der Waals surface area (Å²) in [6, 6.07) is 2.04. The van der Waals surface area contributed by atoms with E-state index in [1.54, 1.807) is 24.3 Å². The number of hydrogen-bond acceptors (Lipinski definition) is 8. The van der Waals surface area contributed by atoms with E-state index in [0.717, 1.165) is 40.2 Å². The van der Waals surface area contributed by atoms with Crippen LogP contribution in [0.25, 0.3) is 10.2 Å². The van der Waals surface area contributed by atoms with Gasteiger partial charge < -0.3 is 20.4 Å². The first-order valence-corrected chi connectivity index (χ1v) is 15.2. The van der Waals surface area contributed by atoms with E-state index >= 15 is 0 Å². The van der Waals surface area contributed by atoms with Gasteiger partial charge in [-0.3, -0.25) is 19.0 Å². The van der Waals surface area contributed by atoms with Crippen LogP contribution in [-0.4, -0.2) is 75.3 Å². The lowest BCUT2D eigenvalue weighted by Crippen LogP contribution is -2.60. The van der Waals surface area contributed by atoms with E-state index in [0.29, 0.717) is 30.3 Å². The lowest BCUT2D eigenvalue weighted by atomic mass is 9.86. The van der Waals surface area contributed by atoms with Gasteiger partial charge in [-0.2, -0.15) is 0 Å². The van der Waals surface area contributed by atoms with Gasteiger partial charge in [-0.25, -0.2) is 18.7 Å². The van der Waals surface area contributed by atoms with Gasteiger partial charge in [0, 0.05) is 42.8 Å². The third-order valence-electron chi connectivity index (χ3n) is 9.54. The second kappa shape index (κ2) is 9.53. The van der Waals surface area contributed by atoms with Crippen molar-refractivity contribution in [2.75, 3.05) is 32.5 Å². The maximum atomic E-state index is 14.0. The summed E-state index contributed by atoms with van der Waals surface area (Å²) < 4.78 is 29.5. The summed E-state index contributed by atoms with van der Waals surface area (Å²) in [6.07, 6.45) is 2.69. The van der Waals surface area contributed by atoms with E-state index < -0.39 is 35.9 Å². The van der Waals surface area contributed by atoms with Gasteiger partial charge in [0.1, 0.15) is 34.0 Å². The van der Waals surface area contributed by atoms with Gasteiger partial charge >= 0.3 is 0 Å². The molecule has 2 N–H and O–H groups in total. The van der Waals surface area contributed by atoms with Crippen molar-refractivity contribution in [3.8, 4) is 0 Å². The molecule has 3 aromatic rings. The Morgan fingerprint density at radius 1 is 1.17 bits per heavy atom. The number of carbonyl (C=O) groups is 2. The first-order chi connectivity index (χ1) is 20.0. The number of aromatic nitrogens is 3. The maximum absolute atomic E-state index is 14.0. The number of rotatable bonds is 4. The average Bonchev–Trinajstić information content (AvgIpc) is 3.43. The number of nitrogens with zero attached hydrogens (tertiary/aromatic N) is 5. The van der Waals surface area contributed by atoms with Crippen molar-refractivity contribution in [1.82, 2.24) is 29.7 Å². The monoisotopic (exact) mass is 597 g/mol. The first-order valence-electron chi connectivity index (χ1n) is 14.4. The number of thiophene rings is 1. The van der Waals surface area contributed by atoms with Crippen LogP contribution in [0.3, 0.4) is 0 Å². The molecule has 0 radical (unpaired) electrons. The van der Waals surface area contributed by atoms with E-state index in [9.17, 15) is 23.2 Å². The smallest absolute Gasteiger partial charge is 0.276 e. The van der Waals surface area contributed by atoms with Crippen molar-refractivity contribution < 1.29 is 18.4 Å². The Labute approximate surface area is 245 Å². The van der Waals surface area contributed by atoms with Gasteiger partial charge in [0.05, 0.1) is 5.39 Å². The largest absolute Gasteiger partial charge is 0.339 e. The molecule has 2 aliphatic carbocycles. The fourth-order valence-electron chi connectivity index (χ4n) is 6.99. The Balaban J connectivity index is 1.19. The fourth-order valence-corrected chi connectivity index (χ4v) is 8.26. The molecule has 5 heterocycles. The van der Waals surface area contributed by atoms with E-state index in [1.807, 2.05) is 19.0 Å². The van der Waals surface area contributed by atoms with Crippen molar-refractivity contribution in [2.24, 2.45) is 5.92 Å². The summed E-state index contributed by atoms with van der Waals surface area (Å²) in [5, 5.41) is 6.91. The Hall–Kier alpha value is -3.45. The zero-order chi connectivity index (χ0) is 29.6. The molecule has 2 aliphatic heterocycles. The molecule has 1 atom stereocenters. The molecule has 3 aromatic heterocycles. The number of hydrogen-bond donors (Lipinski definition) is 2. The van der Waals surface area contributed by atoms with E-state index in [-0.39, 0.29) is 36.0 Å². The minimum atomic E-state index is -2.81. The Kier molecular flexibility index (Phi) is 6.21. The quantitative estimate of drug-likeness (QED) is 0.474. The second-order valence-electron chi connectivity index (χ2n) is 12.4. The Morgan fingerprint density at radius 3 is 2.62 bits per heavy atom.